The second-order valence-electron chi connectivity index (χ2n) is 5.96. The highest BCUT2D eigenvalue weighted by Gasteiger charge is 2.16. The molecule has 1 aromatic rings. The Morgan fingerprint density at radius 3 is 2.74 bits per heavy atom. The van der Waals surface area contributed by atoms with Gasteiger partial charge in [0, 0.05) is 24.1 Å². The molecule has 108 valence electrons. The lowest BCUT2D eigenvalue weighted by atomic mass is 9.96. The van der Waals surface area contributed by atoms with E-state index in [4.69, 9.17) is 5.10 Å². The minimum absolute atomic E-state index is 0.514. The number of nitrogens with zero attached hydrogens (tertiary/aromatic N) is 2. The standard InChI is InChI=1S/C15H26BrN3/c1-12(2)15(10-16)17-11-13-8-9-19(18-13)14-6-4-3-5-7-14/h8-9,12,14-15,17H,3-7,10-11H2,1-2H3. The summed E-state index contributed by atoms with van der Waals surface area (Å²) in [4.78, 5) is 0. The van der Waals surface area contributed by atoms with Gasteiger partial charge in [-0.3, -0.25) is 4.68 Å². The molecule has 0 amide bonds. The first kappa shape index (κ1) is 15.0. The third-order valence-corrected chi connectivity index (χ3v) is 4.83. The first-order valence-corrected chi connectivity index (χ1v) is 8.66. The molecule has 0 bridgehead atoms. The molecule has 0 saturated heterocycles. The Bertz CT molecular complexity index is 369. The highest BCUT2D eigenvalue weighted by molar-refractivity contribution is 9.09. The molecule has 1 N–H and O–H groups in total. The van der Waals surface area contributed by atoms with Gasteiger partial charge in [-0.2, -0.15) is 5.10 Å². The molecule has 19 heavy (non-hydrogen) atoms. The van der Waals surface area contributed by atoms with Gasteiger partial charge in [0.25, 0.3) is 0 Å². The van der Waals surface area contributed by atoms with E-state index in [9.17, 15) is 0 Å². The van der Waals surface area contributed by atoms with Crippen molar-refractivity contribution in [2.24, 2.45) is 5.92 Å². The Hall–Kier alpha value is -0.350. The Labute approximate surface area is 125 Å². The smallest absolute Gasteiger partial charge is 0.0762 e. The predicted octanol–water partition coefficient (Wildman–Crippen LogP) is 3.90. The van der Waals surface area contributed by atoms with Crippen molar-refractivity contribution >= 4 is 15.9 Å². The molecule has 1 aliphatic carbocycles. The van der Waals surface area contributed by atoms with Gasteiger partial charge in [-0.05, 0) is 24.8 Å². The van der Waals surface area contributed by atoms with Crippen LogP contribution in [0, 0.1) is 5.92 Å². The second-order valence-corrected chi connectivity index (χ2v) is 6.61. The monoisotopic (exact) mass is 327 g/mol. The number of nitrogens with one attached hydrogen (secondary N) is 1. The predicted molar refractivity (Wildman–Crippen MR) is 83.6 cm³/mol. The Balaban J connectivity index is 1.86. The van der Waals surface area contributed by atoms with Gasteiger partial charge < -0.3 is 5.32 Å². The summed E-state index contributed by atoms with van der Waals surface area (Å²) in [5.41, 5.74) is 1.16. The van der Waals surface area contributed by atoms with Crippen LogP contribution in [0.25, 0.3) is 0 Å². The molecule has 0 radical (unpaired) electrons. The summed E-state index contributed by atoms with van der Waals surface area (Å²) in [6.45, 7) is 5.37. The van der Waals surface area contributed by atoms with Gasteiger partial charge >= 0.3 is 0 Å². The van der Waals surface area contributed by atoms with Gasteiger partial charge in [-0.1, -0.05) is 49.0 Å². The van der Waals surface area contributed by atoms with Crippen LogP contribution >= 0.6 is 15.9 Å². The molecule has 3 nitrogen and oxygen atoms in total. The number of hydrogen-bond donors (Lipinski definition) is 1. The number of hydrogen-bond acceptors (Lipinski definition) is 2. The van der Waals surface area contributed by atoms with E-state index in [0.717, 1.165) is 17.6 Å². The molecule has 1 unspecified atom stereocenters. The van der Waals surface area contributed by atoms with E-state index in [0.29, 0.717) is 18.0 Å². The molecular weight excluding hydrogens is 302 g/mol. The third-order valence-electron chi connectivity index (χ3n) is 4.13. The van der Waals surface area contributed by atoms with Crippen LogP contribution in [0.2, 0.25) is 0 Å². The molecule has 1 saturated carbocycles. The zero-order valence-electron chi connectivity index (χ0n) is 12.1. The highest BCUT2D eigenvalue weighted by Crippen LogP contribution is 2.27. The molecule has 0 aromatic carbocycles. The van der Waals surface area contributed by atoms with Crippen molar-refractivity contribution in [3.05, 3.63) is 18.0 Å². The first-order valence-electron chi connectivity index (χ1n) is 7.54. The SMILES string of the molecule is CC(C)C(CBr)NCc1ccn(C2CCCCC2)n1. The van der Waals surface area contributed by atoms with Crippen LogP contribution < -0.4 is 5.32 Å². The summed E-state index contributed by atoms with van der Waals surface area (Å²) in [5.74, 6) is 0.639. The van der Waals surface area contributed by atoms with E-state index < -0.39 is 0 Å². The van der Waals surface area contributed by atoms with Gasteiger partial charge in [-0.15, -0.1) is 0 Å². The lowest BCUT2D eigenvalue weighted by molar-refractivity contribution is 0.327. The molecule has 1 aliphatic rings. The van der Waals surface area contributed by atoms with Crippen molar-refractivity contribution in [1.82, 2.24) is 15.1 Å². The topological polar surface area (TPSA) is 29.9 Å². The maximum absolute atomic E-state index is 4.74. The molecule has 1 fully saturated rings. The Morgan fingerprint density at radius 1 is 1.37 bits per heavy atom. The fourth-order valence-corrected chi connectivity index (χ4v) is 3.70. The fourth-order valence-electron chi connectivity index (χ4n) is 2.72. The summed E-state index contributed by atoms with van der Waals surface area (Å²) < 4.78 is 2.19. The summed E-state index contributed by atoms with van der Waals surface area (Å²) in [6.07, 6.45) is 8.86. The van der Waals surface area contributed by atoms with E-state index in [1.165, 1.54) is 32.1 Å². The molecule has 2 rings (SSSR count). The average Bonchev–Trinajstić information content (AvgIpc) is 2.89. The minimum atomic E-state index is 0.514. The molecule has 4 heteroatoms. The number of halogens is 1. The second kappa shape index (κ2) is 7.44. The van der Waals surface area contributed by atoms with Crippen molar-refractivity contribution in [1.29, 1.82) is 0 Å². The van der Waals surface area contributed by atoms with Crippen molar-refractivity contribution in [2.75, 3.05) is 5.33 Å². The lowest BCUT2D eigenvalue weighted by Crippen LogP contribution is -2.34. The number of aromatic nitrogens is 2. The minimum Gasteiger partial charge on any atom is -0.307 e. The lowest BCUT2D eigenvalue weighted by Gasteiger charge is -2.22. The third kappa shape index (κ3) is 4.32. The van der Waals surface area contributed by atoms with E-state index >= 15 is 0 Å². The van der Waals surface area contributed by atoms with Gasteiger partial charge in [0.15, 0.2) is 0 Å². The summed E-state index contributed by atoms with van der Waals surface area (Å²) >= 11 is 3.57. The van der Waals surface area contributed by atoms with Crippen LogP contribution in [0.4, 0.5) is 0 Å². The normalized spacial score (nSPS) is 18.9. The molecular formula is C15H26BrN3. The van der Waals surface area contributed by atoms with Crippen LogP contribution in [0.1, 0.15) is 57.7 Å². The van der Waals surface area contributed by atoms with Crippen LogP contribution in [0.15, 0.2) is 12.3 Å². The molecule has 0 spiro atoms. The summed E-state index contributed by atoms with van der Waals surface area (Å²) in [5, 5.41) is 9.31. The van der Waals surface area contributed by atoms with Crippen LogP contribution in [0.5, 0.6) is 0 Å². The van der Waals surface area contributed by atoms with E-state index in [1.54, 1.807) is 0 Å². The van der Waals surface area contributed by atoms with Crippen LogP contribution in [-0.4, -0.2) is 21.2 Å². The van der Waals surface area contributed by atoms with Crippen molar-refractivity contribution in [2.45, 2.75) is 64.6 Å². The van der Waals surface area contributed by atoms with E-state index in [-0.39, 0.29) is 0 Å². The van der Waals surface area contributed by atoms with Gasteiger partial charge in [-0.25, -0.2) is 0 Å². The summed E-state index contributed by atoms with van der Waals surface area (Å²) in [7, 11) is 0. The van der Waals surface area contributed by atoms with Gasteiger partial charge in [0.1, 0.15) is 0 Å². The van der Waals surface area contributed by atoms with Crippen molar-refractivity contribution < 1.29 is 0 Å². The number of alkyl halides is 1. The van der Waals surface area contributed by atoms with E-state index in [2.05, 4.69) is 52.0 Å². The van der Waals surface area contributed by atoms with Crippen LogP contribution in [-0.2, 0) is 6.54 Å². The van der Waals surface area contributed by atoms with Gasteiger partial charge in [0.2, 0.25) is 0 Å². The van der Waals surface area contributed by atoms with Crippen molar-refractivity contribution in [3.8, 4) is 0 Å². The van der Waals surface area contributed by atoms with Crippen molar-refractivity contribution in [3.63, 3.8) is 0 Å². The van der Waals surface area contributed by atoms with Gasteiger partial charge in [0.05, 0.1) is 11.7 Å². The molecule has 1 atom stereocenters. The first-order chi connectivity index (χ1) is 9.20. The molecule has 0 aliphatic heterocycles. The average molecular weight is 328 g/mol. The maximum atomic E-state index is 4.74. The zero-order valence-corrected chi connectivity index (χ0v) is 13.7. The zero-order chi connectivity index (χ0) is 13.7. The quantitative estimate of drug-likeness (QED) is 0.803. The maximum Gasteiger partial charge on any atom is 0.0762 e. The van der Waals surface area contributed by atoms with E-state index in [1.807, 2.05) is 0 Å². The summed E-state index contributed by atoms with van der Waals surface area (Å²) in [6, 6.07) is 3.31. The molecule has 1 aromatic heterocycles. The number of rotatable bonds is 6. The Morgan fingerprint density at radius 2 is 2.11 bits per heavy atom. The van der Waals surface area contributed by atoms with Crippen LogP contribution in [0.3, 0.4) is 0 Å². The Kier molecular flexibility index (Phi) is 5.89. The highest BCUT2D eigenvalue weighted by atomic mass is 79.9. The largest absolute Gasteiger partial charge is 0.307 e. The molecule has 1 heterocycles. The fraction of sp³-hybridized carbons (Fsp3) is 0.800.